The van der Waals surface area contributed by atoms with Gasteiger partial charge in [0.25, 0.3) is 0 Å². The summed E-state index contributed by atoms with van der Waals surface area (Å²) in [4.78, 5) is 17.1. The minimum atomic E-state index is -0.909. The molecule has 25 heavy (non-hydrogen) atoms. The lowest BCUT2D eigenvalue weighted by Gasteiger charge is -2.17. The van der Waals surface area contributed by atoms with E-state index in [4.69, 9.17) is 23.2 Å². The summed E-state index contributed by atoms with van der Waals surface area (Å²) in [6.07, 6.45) is 1.89. The average Bonchev–Trinajstić information content (AvgIpc) is 3.26. The Kier molecular flexibility index (Phi) is 3.95. The van der Waals surface area contributed by atoms with Crippen LogP contribution in [0.15, 0.2) is 55.1 Å². The molecular weight excluding hydrogens is 363 g/mol. The van der Waals surface area contributed by atoms with Crippen LogP contribution in [-0.4, -0.2) is 35.5 Å². The van der Waals surface area contributed by atoms with Gasteiger partial charge in [-0.15, -0.1) is 5.10 Å². The van der Waals surface area contributed by atoms with Crippen LogP contribution in [0.3, 0.4) is 0 Å². The fourth-order valence-corrected chi connectivity index (χ4v) is 3.08. The SMILES string of the molecule is O=C(c1ccc(Cl)cc1Cl)C(n1cncn1)n1nnc2ccccc21. The molecular formula is C16H10Cl2N6O. The summed E-state index contributed by atoms with van der Waals surface area (Å²) in [7, 11) is 0. The van der Waals surface area contributed by atoms with Crippen LogP contribution in [0.5, 0.6) is 0 Å². The molecule has 0 bridgehead atoms. The third-order valence-electron chi connectivity index (χ3n) is 3.73. The van der Waals surface area contributed by atoms with Crippen LogP contribution in [0.2, 0.25) is 10.0 Å². The zero-order valence-corrected chi connectivity index (χ0v) is 14.1. The molecule has 2 aromatic heterocycles. The second kappa shape index (κ2) is 6.27. The van der Waals surface area contributed by atoms with Gasteiger partial charge in [0.1, 0.15) is 18.2 Å². The van der Waals surface area contributed by atoms with Gasteiger partial charge in [0.2, 0.25) is 11.9 Å². The molecule has 0 aliphatic heterocycles. The number of Topliss-reactive ketones (excluding diaryl/α,β-unsaturated/α-hetero) is 1. The van der Waals surface area contributed by atoms with Crippen molar-refractivity contribution in [2.75, 3.05) is 0 Å². The van der Waals surface area contributed by atoms with Crippen molar-refractivity contribution in [3.8, 4) is 0 Å². The Morgan fingerprint density at radius 1 is 1.12 bits per heavy atom. The fraction of sp³-hybridized carbons (Fsp3) is 0.0625. The number of carbonyl (C=O) groups excluding carboxylic acids is 1. The molecule has 0 fully saturated rings. The molecule has 0 N–H and O–H groups in total. The molecule has 0 spiro atoms. The number of hydrogen-bond donors (Lipinski definition) is 0. The highest BCUT2D eigenvalue weighted by Crippen LogP contribution is 2.26. The lowest BCUT2D eigenvalue weighted by atomic mass is 10.1. The van der Waals surface area contributed by atoms with Crippen molar-refractivity contribution in [1.29, 1.82) is 0 Å². The molecule has 9 heteroatoms. The van der Waals surface area contributed by atoms with E-state index in [9.17, 15) is 4.79 Å². The maximum absolute atomic E-state index is 13.2. The number of rotatable bonds is 4. The Balaban J connectivity index is 1.89. The first-order valence-corrected chi connectivity index (χ1v) is 8.04. The maximum Gasteiger partial charge on any atom is 0.211 e. The van der Waals surface area contributed by atoms with Crippen molar-refractivity contribution < 1.29 is 4.79 Å². The van der Waals surface area contributed by atoms with E-state index in [1.807, 2.05) is 24.3 Å². The van der Waals surface area contributed by atoms with E-state index in [1.165, 1.54) is 28.1 Å². The highest BCUT2D eigenvalue weighted by Gasteiger charge is 2.28. The second-order valence-corrected chi connectivity index (χ2v) is 6.10. The predicted molar refractivity (Wildman–Crippen MR) is 92.8 cm³/mol. The van der Waals surface area contributed by atoms with Crippen molar-refractivity contribution >= 4 is 40.0 Å². The standard InChI is InChI=1S/C16H10Cl2N6O/c17-10-5-6-11(12(18)7-10)15(25)16(23-9-19-8-20-23)24-14-4-2-1-3-13(14)21-22-24/h1-9,16H. The fourth-order valence-electron chi connectivity index (χ4n) is 2.58. The number of ketones is 1. The van der Waals surface area contributed by atoms with E-state index in [1.54, 1.807) is 12.1 Å². The lowest BCUT2D eigenvalue weighted by Crippen LogP contribution is -2.28. The van der Waals surface area contributed by atoms with Crippen molar-refractivity contribution in [2.24, 2.45) is 0 Å². The third kappa shape index (κ3) is 2.77. The van der Waals surface area contributed by atoms with Crippen molar-refractivity contribution in [2.45, 2.75) is 6.17 Å². The average molecular weight is 373 g/mol. The Hall–Kier alpha value is -2.77. The Morgan fingerprint density at radius 3 is 2.72 bits per heavy atom. The lowest BCUT2D eigenvalue weighted by molar-refractivity contribution is 0.0888. The van der Waals surface area contributed by atoms with Gasteiger partial charge in [-0.25, -0.2) is 14.3 Å². The van der Waals surface area contributed by atoms with E-state index in [-0.39, 0.29) is 10.8 Å². The van der Waals surface area contributed by atoms with Crippen LogP contribution in [0, 0.1) is 0 Å². The second-order valence-electron chi connectivity index (χ2n) is 5.26. The maximum atomic E-state index is 13.2. The van der Waals surface area contributed by atoms with Gasteiger partial charge in [-0.05, 0) is 30.3 Å². The summed E-state index contributed by atoms with van der Waals surface area (Å²) in [5.41, 5.74) is 1.68. The number of benzene rings is 2. The van der Waals surface area contributed by atoms with Crippen LogP contribution >= 0.6 is 23.2 Å². The molecule has 0 amide bonds. The molecule has 4 aromatic rings. The van der Waals surface area contributed by atoms with Gasteiger partial charge in [-0.1, -0.05) is 40.5 Å². The van der Waals surface area contributed by atoms with E-state index in [0.717, 1.165) is 0 Å². The smallest absolute Gasteiger partial charge is 0.211 e. The minimum Gasteiger partial charge on any atom is -0.289 e. The molecule has 7 nitrogen and oxygen atoms in total. The van der Waals surface area contributed by atoms with E-state index < -0.39 is 6.17 Å². The number of halogens is 2. The van der Waals surface area contributed by atoms with Gasteiger partial charge < -0.3 is 0 Å². The van der Waals surface area contributed by atoms with Gasteiger partial charge in [-0.2, -0.15) is 5.10 Å². The summed E-state index contributed by atoms with van der Waals surface area (Å²) in [6, 6.07) is 12.1. The van der Waals surface area contributed by atoms with E-state index in [2.05, 4.69) is 20.4 Å². The molecule has 0 saturated carbocycles. The summed E-state index contributed by atoms with van der Waals surface area (Å²) >= 11 is 12.1. The zero-order valence-electron chi connectivity index (χ0n) is 12.6. The van der Waals surface area contributed by atoms with Crippen LogP contribution in [-0.2, 0) is 0 Å². The Bertz CT molecular complexity index is 1060. The predicted octanol–water partition coefficient (Wildman–Crippen LogP) is 3.26. The first kappa shape index (κ1) is 15.7. The topological polar surface area (TPSA) is 78.5 Å². The first-order valence-electron chi connectivity index (χ1n) is 7.28. The van der Waals surface area contributed by atoms with Gasteiger partial charge in [0, 0.05) is 10.6 Å². The Labute approximate surface area is 151 Å². The number of nitrogens with zero attached hydrogens (tertiary/aromatic N) is 6. The zero-order chi connectivity index (χ0) is 17.4. The molecule has 0 saturated heterocycles. The van der Waals surface area contributed by atoms with Crippen molar-refractivity contribution in [3.63, 3.8) is 0 Å². The largest absolute Gasteiger partial charge is 0.289 e. The molecule has 2 aromatic carbocycles. The number of aromatic nitrogens is 6. The van der Waals surface area contributed by atoms with Crippen molar-refractivity contribution in [3.05, 3.63) is 70.7 Å². The molecule has 2 heterocycles. The van der Waals surface area contributed by atoms with Gasteiger partial charge in [-0.3, -0.25) is 4.79 Å². The number of hydrogen-bond acceptors (Lipinski definition) is 5. The molecule has 1 unspecified atom stereocenters. The molecule has 0 aliphatic carbocycles. The summed E-state index contributed by atoms with van der Waals surface area (Å²) in [6.45, 7) is 0. The van der Waals surface area contributed by atoms with Gasteiger partial charge in [0.05, 0.1) is 10.5 Å². The molecule has 0 radical (unpaired) electrons. The van der Waals surface area contributed by atoms with Crippen LogP contribution in [0.1, 0.15) is 16.5 Å². The van der Waals surface area contributed by atoms with Crippen LogP contribution < -0.4 is 0 Å². The first-order chi connectivity index (χ1) is 12.1. The molecule has 1 atom stereocenters. The third-order valence-corrected chi connectivity index (χ3v) is 4.28. The number of fused-ring (bicyclic) bond motifs is 1. The van der Waals surface area contributed by atoms with Crippen LogP contribution in [0.4, 0.5) is 0 Å². The van der Waals surface area contributed by atoms with Crippen molar-refractivity contribution in [1.82, 2.24) is 29.8 Å². The summed E-state index contributed by atoms with van der Waals surface area (Å²) < 4.78 is 2.91. The van der Waals surface area contributed by atoms with Gasteiger partial charge in [0.15, 0.2) is 0 Å². The highest BCUT2D eigenvalue weighted by molar-refractivity contribution is 6.37. The Morgan fingerprint density at radius 2 is 1.96 bits per heavy atom. The van der Waals surface area contributed by atoms with Crippen LogP contribution in [0.25, 0.3) is 11.0 Å². The quantitative estimate of drug-likeness (QED) is 0.513. The van der Waals surface area contributed by atoms with Gasteiger partial charge >= 0.3 is 0 Å². The number of para-hydroxylation sites is 1. The molecule has 0 aliphatic rings. The summed E-state index contributed by atoms with van der Waals surface area (Å²) in [5.74, 6) is -0.303. The number of carbonyl (C=O) groups is 1. The minimum absolute atomic E-state index is 0.257. The molecule has 4 rings (SSSR count). The normalized spacial score (nSPS) is 12.4. The van der Waals surface area contributed by atoms with E-state index in [0.29, 0.717) is 21.6 Å². The summed E-state index contributed by atoms with van der Waals surface area (Å²) in [5, 5.41) is 13.0. The molecule has 124 valence electrons. The highest BCUT2D eigenvalue weighted by atomic mass is 35.5. The van der Waals surface area contributed by atoms with E-state index >= 15 is 0 Å². The monoisotopic (exact) mass is 372 g/mol.